The summed E-state index contributed by atoms with van der Waals surface area (Å²) in [6.45, 7) is 4.80. The number of piperazine rings is 1. The van der Waals surface area contributed by atoms with Gasteiger partial charge in [-0.25, -0.2) is 4.39 Å². The number of rotatable bonds is 7. The fraction of sp³-hybridized carbons (Fsp3) is 0.500. The molecule has 1 aromatic heterocycles. The standard InChI is InChI=1S/C18H26FN7/c1-24(2)9-5-8-20-17-14-21-23-18(22-17)26-12-10-25(11-13-26)16-7-4-3-6-15(16)19/h3-4,6-7,14H,5,8-13H2,1-2H3,(H,20,22,23). The largest absolute Gasteiger partial charge is 0.369 e. The van der Waals surface area contributed by atoms with E-state index in [4.69, 9.17) is 0 Å². The van der Waals surface area contributed by atoms with E-state index in [9.17, 15) is 4.39 Å². The second-order valence-electron chi connectivity index (χ2n) is 6.65. The van der Waals surface area contributed by atoms with Crippen molar-refractivity contribution in [1.82, 2.24) is 20.1 Å². The lowest BCUT2D eigenvalue weighted by atomic mass is 10.2. The molecule has 1 aliphatic heterocycles. The van der Waals surface area contributed by atoms with Gasteiger partial charge in [0.2, 0.25) is 5.95 Å². The van der Waals surface area contributed by atoms with Gasteiger partial charge < -0.3 is 20.0 Å². The van der Waals surface area contributed by atoms with Gasteiger partial charge in [-0.3, -0.25) is 0 Å². The highest BCUT2D eigenvalue weighted by atomic mass is 19.1. The number of hydrogen-bond donors (Lipinski definition) is 1. The third-order valence-electron chi connectivity index (χ3n) is 4.39. The van der Waals surface area contributed by atoms with Crippen LogP contribution >= 0.6 is 0 Å². The van der Waals surface area contributed by atoms with Gasteiger partial charge in [0, 0.05) is 32.7 Å². The predicted octanol–water partition coefficient (Wildman–Crippen LogP) is 1.70. The SMILES string of the molecule is CN(C)CCCNc1cnnc(N2CCN(c3ccccc3F)CC2)n1. The zero-order valence-electron chi connectivity index (χ0n) is 15.4. The first-order chi connectivity index (χ1) is 12.6. The van der Waals surface area contributed by atoms with Crippen LogP contribution in [0.3, 0.4) is 0 Å². The molecule has 0 unspecified atom stereocenters. The molecule has 2 heterocycles. The first-order valence-electron chi connectivity index (χ1n) is 8.96. The van der Waals surface area contributed by atoms with Gasteiger partial charge in [-0.05, 0) is 39.2 Å². The maximum absolute atomic E-state index is 13.9. The van der Waals surface area contributed by atoms with Gasteiger partial charge in [0.05, 0.1) is 11.9 Å². The van der Waals surface area contributed by atoms with Crippen LogP contribution in [0.15, 0.2) is 30.5 Å². The van der Waals surface area contributed by atoms with Gasteiger partial charge in [0.15, 0.2) is 5.82 Å². The number of benzene rings is 1. The molecule has 1 aromatic carbocycles. The first kappa shape index (κ1) is 18.3. The molecule has 0 bridgehead atoms. The molecular weight excluding hydrogens is 333 g/mol. The van der Waals surface area contributed by atoms with Gasteiger partial charge in [0.1, 0.15) is 5.82 Å². The van der Waals surface area contributed by atoms with Crippen LogP contribution in [0.4, 0.5) is 21.8 Å². The van der Waals surface area contributed by atoms with E-state index in [1.807, 2.05) is 12.1 Å². The normalized spacial score (nSPS) is 14.8. The van der Waals surface area contributed by atoms with Crippen molar-refractivity contribution in [3.8, 4) is 0 Å². The van der Waals surface area contributed by atoms with E-state index in [1.165, 1.54) is 6.07 Å². The van der Waals surface area contributed by atoms with Gasteiger partial charge >= 0.3 is 0 Å². The molecule has 26 heavy (non-hydrogen) atoms. The predicted molar refractivity (Wildman–Crippen MR) is 102 cm³/mol. The van der Waals surface area contributed by atoms with Crippen molar-refractivity contribution in [3.05, 3.63) is 36.3 Å². The minimum absolute atomic E-state index is 0.178. The van der Waals surface area contributed by atoms with Gasteiger partial charge in [-0.2, -0.15) is 10.1 Å². The summed E-state index contributed by atoms with van der Waals surface area (Å²) in [4.78, 5) is 10.9. The Morgan fingerprint density at radius 1 is 1.12 bits per heavy atom. The van der Waals surface area contributed by atoms with Crippen LogP contribution in [0, 0.1) is 5.82 Å². The monoisotopic (exact) mass is 359 g/mol. The Morgan fingerprint density at radius 2 is 1.85 bits per heavy atom. The van der Waals surface area contributed by atoms with Crippen LogP contribution in [-0.2, 0) is 0 Å². The number of halogens is 1. The Kier molecular flexibility index (Phi) is 6.17. The number of aromatic nitrogens is 3. The zero-order chi connectivity index (χ0) is 18.4. The highest BCUT2D eigenvalue weighted by molar-refractivity contribution is 5.50. The summed E-state index contributed by atoms with van der Waals surface area (Å²) in [6.07, 6.45) is 2.68. The highest BCUT2D eigenvalue weighted by Gasteiger charge is 2.21. The van der Waals surface area contributed by atoms with Gasteiger partial charge in [0.25, 0.3) is 0 Å². The quantitative estimate of drug-likeness (QED) is 0.755. The highest BCUT2D eigenvalue weighted by Crippen LogP contribution is 2.21. The number of nitrogens with one attached hydrogen (secondary N) is 1. The van der Waals surface area contributed by atoms with E-state index < -0.39 is 0 Å². The van der Waals surface area contributed by atoms with Crippen LogP contribution in [-0.4, -0.2) is 73.4 Å². The molecule has 1 aliphatic rings. The molecule has 7 nitrogen and oxygen atoms in total. The number of anilines is 3. The summed E-state index contributed by atoms with van der Waals surface area (Å²) in [5, 5.41) is 11.5. The smallest absolute Gasteiger partial charge is 0.247 e. The minimum Gasteiger partial charge on any atom is -0.369 e. The third kappa shape index (κ3) is 4.78. The Labute approximate surface area is 153 Å². The Hall–Kier alpha value is -2.48. The fourth-order valence-electron chi connectivity index (χ4n) is 2.98. The van der Waals surface area contributed by atoms with E-state index in [-0.39, 0.29) is 5.82 Å². The van der Waals surface area contributed by atoms with E-state index in [1.54, 1.807) is 12.3 Å². The fourth-order valence-corrected chi connectivity index (χ4v) is 2.98. The lowest BCUT2D eigenvalue weighted by Gasteiger charge is -2.36. The van der Waals surface area contributed by atoms with E-state index in [0.717, 1.165) is 51.5 Å². The third-order valence-corrected chi connectivity index (χ3v) is 4.39. The summed E-state index contributed by atoms with van der Waals surface area (Å²) in [5.41, 5.74) is 0.655. The van der Waals surface area contributed by atoms with Crippen molar-refractivity contribution < 1.29 is 4.39 Å². The molecule has 0 amide bonds. The molecule has 0 radical (unpaired) electrons. The Bertz CT molecular complexity index is 701. The molecule has 0 spiro atoms. The molecule has 0 aliphatic carbocycles. The molecule has 1 saturated heterocycles. The molecular formula is C18H26FN7. The summed E-state index contributed by atoms with van der Waals surface area (Å²) in [7, 11) is 4.12. The number of para-hydroxylation sites is 1. The van der Waals surface area contributed by atoms with Crippen molar-refractivity contribution in [2.45, 2.75) is 6.42 Å². The van der Waals surface area contributed by atoms with Crippen molar-refractivity contribution in [2.24, 2.45) is 0 Å². The average molecular weight is 359 g/mol. The maximum atomic E-state index is 13.9. The molecule has 1 fully saturated rings. The Morgan fingerprint density at radius 3 is 2.58 bits per heavy atom. The van der Waals surface area contributed by atoms with Crippen LogP contribution < -0.4 is 15.1 Å². The molecule has 3 rings (SSSR count). The van der Waals surface area contributed by atoms with Gasteiger partial charge in [-0.15, -0.1) is 5.10 Å². The van der Waals surface area contributed by atoms with Crippen LogP contribution in [0.1, 0.15) is 6.42 Å². The lowest BCUT2D eigenvalue weighted by Crippen LogP contribution is -2.47. The maximum Gasteiger partial charge on any atom is 0.247 e. The number of hydrogen-bond acceptors (Lipinski definition) is 7. The number of nitrogens with zero attached hydrogens (tertiary/aromatic N) is 6. The molecule has 1 N–H and O–H groups in total. The molecule has 140 valence electrons. The lowest BCUT2D eigenvalue weighted by molar-refractivity contribution is 0.405. The van der Waals surface area contributed by atoms with Crippen molar-refractivity contribution in [2.75, 3.05) is 68.5 Å². The summed E-state index contributed by atoms with van der Waals surface area (Å²) in [5.74, 6) is 1.18. The summed E-state index contributed by atoms with van der Waals surface area (Å²) >= 11 is 0. The van der Waals surface area contributed by atoms with Crippen LogP contribution in [0.25, 0.3) is 0 Å². The second-order valence-corrected chi connectivity index (χ2v) is 6.65. The molecule has 8 heteroatoms. The van der Waals surface area contributed by atoms with Crippen molar-refractivity contribution >= 4 is 17.5 Å². The molecule has 0 atom stereocenters. The van der Waals surface area contributed by atoms with E-state index in [0.29, 0.717) is 11.6 Å². The van der Waals surface area contributed by atoms with Crippen molar-refractivity contribution in [3.63, 3.8) is 0 Å². The van der Waals surface area contributed by atoms with Crippen LogP contribution in [0.5, 0.6) is 0 Å². The summed E-state index contributed by atoms with van der Waals surface area (Å²) in [6, 6.07) is 6.90. The van der Waals surface area contributed by atoms with Crippen molar-refractivity contribution in [1.29, 1.82) is 0 Å². The molecule has 2 aromatic rings. The average Bonchev–Trinajstić information content (AvgIpc) is 2.66. The topological polar surface area (TPSA) is 60.4 Å². The minimum atomic E-state index is -0.178. The Balaban J connectivity index is 1.54. The van der Waals surface area contributed by atoms with E-state index in [2.05, 4.69) is 49.3 Å². The van der Waals surface area contributed by atoms with E-state index >= 15 is 0 Å². The van der Waals surface area contributed by atoms with Gasteiger partial charge in [-0.1, -0.05) is 12.1 Å². The summed E-state index contributed by atoms with van der Waals surface area (Å²) < 4.78 is 13.9. The van der Waals surface area contributed by atoms with Crippen LogP contribution in [0.2, 0.25) is 0 Å². The first-order valence-corrected chi connectivity index (χ1v) is 8.96. The zero-order valence-corrected chi connectivity index (χ0v) is 15.4. The second kappa shape index (κ2) is 8.75. The molecule has 0 saturated carbocycles.